The van der Waals surface area contributed by atoms with Gasteiger partial charge in [0, 0.05) is 12.1 Å². The lowest BCUT2D eigenvalue weighted by Gasteiger charge is -2.16. The number of hydrogen-bond donors (Lipinski definition) is 2. The summed E-state index contributed by atoms with van der Waals surface area (Å²) in [5.74, 6) is 0. The summed E-state index contributed by atoms with van der Waals surface area (Å²) in [6.07, 6.45) is 3.27. The van der Waals surface area contributed by atoms with Gasteiger partial charge in [0.2, 0.25) is 0 Å². The molecule has 4 nitrogen and oxygen atoms in total. The standard InChI is InChI=1S/C10H21N3O/c1-8(6-7-13(2)3)11-10(14)12-9-4-5-9/h8-9H,4-7H2,1-3H3,(H2,11,12,14). The van der Waals surface area contributed by atoms with Gasteiger partial charge in [-0.25, -0.2) is 4.79 Å². The lowest BCUT2D eigenvalue weighted by atomic mass is 10.2. The number of carbonyl (C=O) groups is 1. The van der Waals surface area contributed by atoms with Crippen LogP contribution in [0, 0.1) is 0 Å². The average molecular weight is 199 g/mol. The van der Waals surface area contributed by atoms with Crippen LogP contribution in [0.3, 0.4) is 0 Å². The van der Waals surface area contributed by atoms with Gasteiger partial charge in [-0.2, -0.15) is 0 Å². The van der Waals surface area contributed by atoms with Crippen LogP contribution in [0.5, 0.6) is 0 Å². The highest BCUT2D eigenvalue weighted by Gasteiger charge is 2.23. The summed E-state index contributed by atoms with van der Waals surface area (Å²) in [5, 5.41) is 5.84. The SMILES string of the molecule is CC(CCN(C)C)NC(=O)NC1CC1. The molecule has 0 heterocycles. The Morgan fingerprint density at radius 2 is 2.14 bits per heavy atom. The highest BCUT2D eigenvalue weighted by molar-refractivity contribution is 5.74. The molecule has 0 aromatic carbocycles. The van der Waals surface area contributed by atoms with Gasteiger partial charge in [0.1, 0.15) is 0 Å². The molecule has 1 unspecified atom stereocenters. The zero-order valence-corrected chi connectivity index (χ0v) is 9.34. The third kappa shape index (κ3) is 5.07. The predicted molar refractivity (Wildman–Crippen MR) is 57.3 cm³/mol. The monoisotopic (exact) mass is 199 g/mol. The van der Waals surface area contributed by atoms with Gasteiger partial charge in [-0.15, -0.1) is 0 Å². The molecule has 2 N–H and O–H groups in total. The van der Waals surface area contributed by atoms with Gasteiger partial charge in [-0.3, -0.25) is 0 Å². The van der Waals surface area contributed by atoms with Crippen molar-refractivity contribution < 1.29 is 4.79 Å². The zero-order valence-electron chi connectivity index (χ0n) is 9.34. The molecule has 0 bridgehead atoms. The molecule has 0 radical (unpaired) electrons. The minimum Gasteiger partial charge on any atom is -0.336 e. The van der Waals surface area contributed by atoms with Crippen LogP contribution in [0.25, 0.3) is 0 Å². The number of nitrogens with zero attached hydrogens (tertiary/aromatic N) is 1. The number of rotatable bonds is 5. The lowest BCUT2D eigenvalue weighted by Crippen LogP contribution is -2.42. The van der Waals surface area contributed by atoms with Crippen molar-refractivity contribution in [3.8, 4) is 0 Å². The van der Waals surface area contributed by atoms with Gasteiger partial charge in [0.15, 0.2) is 0 Å². The van der Waals surface area contributed by atoms with Gasteiger partial charge in [-0.1, -0.05) is 0 Å². The van der Waals surface area contributed by atoms with E-state index in [0.29, 0.717) is 6.04 Å². The highest BCUT2D eigenvalue weighted by atomic mass is 16.2. The van der Waals surface area contributed by atoms with Crippen LogP contribution in [0.2, 0.25) is 0 Å². The number of nitrogens with one attached hydrogen (secondary N) is 2. The Balaban J connectivity index is 2.05. The van der Waals surface area contributed by atoms with E-state index >= 15 is 0 Å². The van der Waals surface area contributed by atoms with Crippen LogP contribution < -0.4 is 10.6 Å². The fraction of sp³-hybridized carbons (Fsp3) is 0.900. The Morgan fingerprint density at radius 3 is 2.64 bits per heavy atom. The van der Waals surface area contributed by atoms with Crippen molar-refractivity contribution in [2.75, 3.05) is 20.6 Å². The molecule has 4 heteroatoms. The van der Waals surface area contributed by atoms with Gasteiger partial charge >= 0.3 is 6.03 Å². The molecule has 14 heavy (non-hydrogen) atoms. The van der Waals surface area contributed by atoms with Crippen LogP contribution in [0.1, 0.15) is 26.2 Å². The van der Waals surface area contributed by atoms with Crippen LogP contribution in [0.15, 0.2) is 0 Å². The summed E-state index contributed by atoms with van der Waals surface area (Å²) in [5.41, 5.74) is 0. The summed E-state index contributed by atoms with van der Waals surface area (Å²) < 4.78 is 0. The summed E-state index contributed by atoms with van der Waals surface area (Å²) in [6.45, 7) is 3.04. The molecule has 1 saturated carbocycles. The quantitative estimate of drug-likeness (QED) is 0.687. The molecular weight excluding hydrogens is 178 g/mol. The zero-order chi connectivity index (χ0) is 10.6. The molecule has 0 aromatic rings. The first kappa shape index (κ1) is 11.3. The Labute approximate surface area is 86.0 Å². The molecule has 82 valence electrons. The first-order valence-electron chi connectivity index (χ1n) is 5.29. The van der Waals surface area contributed by atoms with Crippen molar-refractivity contribution in [2.45, 2.75) is 38.3 Å². The van der Waals surface area contributed by atoms with Crippen LogP contribution >= 0.6 is 0 Å². The number of carbonyl (C=O) groups excluding carboxylic acids is 1. The summed E-state index contributed by atoms with van der Waals surface area (Å²) in [4.78, 5) is 13.4. The predicted octanol–water partition coefficient (Wildman–Crippen LogP) is 0.788. The summed E-state index contributed by atoms with van der Waals surface area (Å²) >= 11 is 0. The molecule has 0 saturated heterocycles. The maximum Gasteiger partial charge on any atom is 0.315 e. The first-order valence-corrected chi connectivity index (χ1v) is 5.29. The Morgan fingerprint density at radius 1 is 1.50 bits per heavy atom. The molecule has 1 atom stereocenters. The summed E-state index contributed by atoms with van der Waals surface area (Å²) in [6, 6.07) is 0.672. The van der Waals surface area contributed by atoms with Gasteiger partial charge in [-0.05, 0) is 46.8 Å². The van der Waals surface area contributed by atoms with Crippen LogP contribution in [-0.2, 0) is 0 Å². The Bertz CT molecular complexity index is 190. The van der Waals surface area contributed by atoms with Crippen LogP contribution in [-0.4, -0.2) is 43.7 Å². The van der Waals surface area contributed by atoms with E-state index in [1.807, 2.05) is 21.0 Å². The number of urea groups is 1. The van der Waals surface area contributed by atoms with E-state index in [2.05, 4.69) is 15.5 Å². The number of hydrogen-bond acceptors (Lipinski definition) is 2. The molecular formula is C10H21N3O. The Hall–Kier alpha value is -0.770. The third-order valence-corrected chi connectivity index (χ3v) is 2.30. The van der Waals surface area contributed by atoms with Crippen molar-refractivity contribution in [1.82, 2.24) is 15.5 Å². The average Bonchev–Trinajstić information content (AvgIpc) is 2.84. The van der Waals surface area contributed by atoms with Crippen molar-refractivity contribution in [3.63, 3.8) is 0 Å². The molecule has 2 amide bonds. The minimum absolute atomic E-state index is 0.0150. The normalized spacial score (nSPS) is 18.0. The minimum atomic E-state index is -0.0150. The maximum atomic E-state index is 11.3. The first-order chi connectivity index (χ1) is 6.58. The van der Waals surface area contributed by atoms with Gasteiger partial charge < -0.3 is 15.5 Å². The topological polar surface area (TPSA) is 44.4 Å². The fourth-order valence-corrected chi connectivity index (χ4v) is 1.20. The third-order valence-electron chi connectivity index (χ3n) is 2.30. The fourth-order valence-electron chi connectivity index (χ4n) is 1.20. The molecule has 1 aliphatic rings. The second-order valence-electron chi connectivity index (χ2n) is 4.39. The van der Waals surface area contributed by atoms with Crippen molar-refractivity contribution >= 4 is 6.03 Å². The van der Waals surface area contributed by atoms with E-state index in [4.69, 9.17) is 0 Å². The molecule has 1 rings (SSSR count). The molecule has 0 aromatic heterocycles. The Kier molecular flexibility index (Phi) is 4.20. The van der Waals surface area contributed by atoms with Gasteiger partial charge in [0.25, 0.3) is 0 Å². The molecule has 1 aliphatic carbocycles. The van der Waals surface area contributed by atoms with Crippen molar-refractivity contribution in [2.24, 2.45) is 0 Å². The van der Waals surface area contributed by atoms with E-state index in [1.165, 1.54) is 0 Å². The van der Waals surface area contributed by atoms with E-state index < -0.39 is 0 Å². The van der Waals surface area contributed by atoms with E-state index in [-0.39, 0.29) is 12.1 Å². The van der Waals surface area contributed by atoms with Crippen molar-refractivity contribution in [1.29, 1.82) is 0 Å². The number of amides is 2. The van der Waals surface area contributed by atoms with E-state index in [1.54, 1.807) is 0 Å². The van der Waals surface area contributed by atoms with Crippen molar-refractivity contribution in [3.05, 3.63) is 0 Å². The molecule has 0 aliphatic heterocycles. The smallest absolute Gasteiger partial charge is 0.315 e. The lowest BCUT2D eigenvalue weighted by molar-refractivity contribution is 0.235. The van der Waals surface area contributed by atoms with E-state index in [0.717, 1.165) is 25.8 Å². The largest absolute Gasteiger partial charge is 0.336 e. The highest BCUT2D eigenvalue weighted by Crippen LogP contribution is 2.18. The maximum absolute atomic E-state index is 11.3. The molecule has 0 spiro atoms. The van der Waals surface area contributed by atoms with Gasteiger partial charge in [0.05, 0.1) is 0 Å². The van der Waals surface area contributed by atoms with Crippen LogP contribution in [0.4, 0.5) is 4.79 Å². The second-order valence-corrected chi connectivity index (χ2v) is 4.39. The summed E-state index contributed by atoms with van der Waals surface area (Å²) in [7, 11) is 4.08. The van der Waals surface area contributed by atoms with E-state index in [9.17, 15) is 4.79 Å². The molecule has 1 fully saturated rings. The second kappa shape index (κ2) is 5.20.